The molecule has 0 aliphatic rings. The number of carboxylic acids is 1. The molecule has 2 aromatic heterocycles. The van der Waals surface area contributed by atoms with Crippen molar-refractivity contribution in [3.05, 3.63) is 43.8 Å². The monoisotopic (exact) mass is 282 g/mol. The van der Waals surface area contributed by atoms with Crippen molar-refractivity contribution >= 4 is 34.4 Å². The molecular weight excluding hydrogens is 268 g/mol. The summed E-state index contributed by atoms with van der Waals surface area (Å²) in [4.78, 5) is 24.4. The summed E-state index contributed by atoms with van der Waals surface area (Å²) in [6.07, 6.45) is 0. The molecule has 2 heterocycles. The number of thiophene rings is 2. The van der Waals surface area contributed by atoms with Crippen LogP contribution in [0.3, 0.4) is 0 Å². The number of aryl methyl sites for hydroxylation is 2. The third-order valence-corrected chi connectivity index (χ3v) is 4.13. The van der Waals surface area contributed by atoms with Crippen molar-refractivity contribution in [1.29, 1.82) is 0 Å². The Bertz CT molecular complexity index is 502. The molecule has 2 rings (SSSR count). The van der Waals surface area contributed by atoms with E-state index < -0.39 is 5.97 Å². The number of hydrogen-bond acceptors (Lipinski definition) is 4. The molecule has 96 valence electrons. The number of hydrogen-bond donors (Lipinski definition) is 1. The van der Waals surface area contributed by atoms with E-state index in [0.29, 0.717) is 4.88 Å². The Balaban J connectivity index is 0.000000180. The van der Waals surface area contributed by atoms with Crippen molar-refractivity contribution in [2.24, 2.45) is 0 Å². The predicted molar refractivity (Wildman–Crippen MR) is 75.1 cm³/mol. The summed E-state index contributed by atoms with van der Waals surface area (Å²) < 4.78 is 0. The minimum Gasteiger partial charge on any atom is -0.477 e. The molecule has 0 spiro atoms. The zero-order chi connectivity index (χ0) is 13.7. The van der Waals surface area contributed by atoms with E-state index in [4.69, 9.17) is 5.11 Å². The van der Waals surface area contributed by atoms with Crippen molar-refractivity contribution in [2.75, 3.05) is 0 Å². The molecule has 0 bridgehead atoms. The lowest BCUT2D eigenvalue weighted by molar-refractivity contribution is 0.0702. The smallest absolute Gasteiger partial charge is 0.345 e. The Kier molecular flexibility index (Phi) is 5.25. The molecule has 0 fully saturated rings. The molecule has 18 heavy (non-hydrogen) atoms. The van der Waals surface area contributed by atoms with Crippen molar-refractivity contribution in [2.45, 2.75) is 20.8 Å². The second-order valence-electron chi connectivity index (χ2n) is 3.68. The van der Waals surface area contributed by atoms with Crippen molar-refractivity contribution in [3.8, 4) is 0 Å². The van der Waals surface area contributed by atoms with E-state index >= 15 is 0 Å². The van der Waals surface area contributed by atoms with Gasteiger partial charge in [-0.25, -0.2) is 4.79 Å². The highest BCUT2D eigenvalue weighted by Gasteiger charge is 2.02. The largest absolute Gasteiger partial charge is 0.477 e. The fourth-order valence-electron chi connectivity index (χ4n) is 1.17. The van der Waals surface area contributed by atoms with Gasteiger partial charge >= 0.3 is 5.97 Å². The van der Waals surface area contributed by atoms with E-state index in [1.807, 2.05) is 26.0 Å². The third-order valence-electron chi connectivity index (χ3n) is 2.04. The van der Waals surface area contributed by atoms with Crippen LogP contribution in [0.2, 0.25) is 0 Å². The fourth-order valence-corrected chi connectivity index (χ4v) is 2.64. The maximum absolute atomic E-state index is 10.7. The van der Waals surface area contributed by atoms with E-state index in [9.17, 15) is 9.59 Å². The second kappa shape index (κ2) is 6.47. The van der Waals surface area contributed by atoms with Crippen molar-refractivity contribution in [1.82, 2.24) is 0 Å². The van der Waals surface area contributed by atoms with Crippen LogP contribution >= 0.6 is 22.7 Å². The first-order chi connectivity index (χ1) is 8.40. The van der Waals surface area contributed by atoms with Crippen molar-refractivity contribution in [3.63, 3.8) is 0 Å². The van der Waals surface area contributed by atoms with Crippen LogP contribution in [0.15, 0.2) is 24.3 Å². The molecule has 0 saturated carbocycles. The summed E-state index contributed by atoms with van der Waals surface area (Å²) in [5, 5.41) is 8.41. The Morgan fingerprint density at radius 3 is 1.56 bits per heavy atom. The highest BCUT2D eigenvalue weighted by atomic mass is 32.1. The first kappa shape index (κ1) is 14.6. The number of ketones is 1. The van der Waals surface area contributed by atoms with Gasteiger partial charge in [-0.1, -0.05) is 0 Å². The van der Waals surface area contributed by atoms with E-state index in [-0.39, 0.29) is 5.78 Å². The average Bonchev–Trinajstić information content (AvgIpc) is 2.88. The SMILES string of the molecule is CC(=O)c1ccc(C)s1.Cc1ccc(C(=O)O)s1. The molecule has 0 unspecified atom stereocenters. The van der Waals surface area contributed by atoms with Gasteiger partial charge in [-0.2, -0.15) is 0 Å². The minimum absolute atomic E-state index is 0.160. The van der Waals surface area contributed by atoms with Gasteiger partial charge < -0.3 is 5.11 Å². The lowest BCUT2D eigenvalue weighted by Gasteiger charge is -1.81. The summed E-state index contributed by atoms with van der Waals surface area (Å²) in [6, 6.07) is 7.24. The molecule has 0 saturated heterocycles. The molecule has 0 amide bonds. The first-order valence-electron chi connectivity index (χ1n) is 5.27. The number of carbonyl (C=O) groups is 2. The molecule has 0 atom stereocenters. The minimum atomic E-state index is -0.840. The predicted octanol–water partition coefficient (Wildman–Crippen LogP) is 4.01. The van der Waals surface area contributed by atoms with Gasteiger partial charge in [-0.05, 0) is 45.0 Å². The first-order valence-corrected chi connectivity index (χ1v) is 6.90. The zero-order valence-corrected chi connectivity index (χ0v) is 12.0. The molecule has 2 aromatic rings. The number of carbonyl (C=O) groups excluding carboxylic acids is 1. The van der Waals surface area contributed by atoms with E-state index in [2.05, 4.69) is 0 Å². The molecule has 0 radical (unpaired) electrons. The maximum atomic E-state index is 10.7. The maximum Gasteiger partial charge on any atom is 0.345 e. The Hall–Kier alpha value is -1.46. The molecule has 1 N–H and O–H groups in total. The normalized spacial score (nSPS) is 9.50. The lowest BCUT2D eigenvalue weighted by Crippen LogP contribution is -1.89. The van der Waals surface area contributed by atoms with Gasteiger partial charge in [0.1, 0.15) is 4.88 Å². The van der Waals surface area contributed by atoms with E-state index in [1.165, 1.54) is 16.2 Å². The summed E-state index contributed by atoms with van der Waals surface area (Å²) in [7, 11) is 0. The number of rotatable bonds is 2. The van der Waals surface area contributed by atoms with Crippen LogP contribution in [0.25, 0.3) is 0 Å². The molecule has 0 aliphatic heterocycles. The van der Waals surface area contributed by atoms with Gasteiger partial charge in [-0.3, -0.25) is 4.79 Å². The second-order valence-corrected chi connectivity index (χ2v) is 6.26. The van der Waals surface area contributed by atoms with Crippen molar-refractivity contribution < 1.29 is 14.7 Å². The average molecular weight is 282 g/mol. The van der Waals surface area contributed by atoms with Crippen LogP contribution in [-0.2, 0) is 0 Å². The van der Waals surface area contributed by atoms with Crippen LogP contribution < -0.4 is 0 Å². The standard InChI is InChI=1S/C7H8OS.C6H6O2S/c1-5-3-4-7(9-5)6(2)8;1-4-2-3-5(9-4)6(7)8/h3-4H,1-2H3;2-3H,1H3,(H,7,8). The summed E-state index contributed by atoms with van der Waals surface area (Å²) in [5.41, 5.74) is 0. The van der Waals surface area contributed by atoms with Crippen LogP contribution in [0.4, 0.5) is 0 Å². The number of Topliss-reactive ketones (excluding diaryl/α,β-unsaturated/α-hetero) is 1. The van der Waals surface area contributed by atoms with E-state index in [0.717, 1.165) is 9.75 Å². The molecular formula is C13H14O3S2. The van der Waals surface area contributed by atoms with E-state index in [1.54, 1.807) is 30.4 Å². The Labute approximate surface area is 114 Å². The molecule has 0 aromatic carbocycles. The Morgan fingerprint density at radius 1 is 0.944 bits per heavy atom. The Morgan fingerprint density at radius 2 is 1.39 bits per heavy atom. The molecule has 0 aliphatic carbocycles. The number of aromatic carboxylic acids is 1. The summed E-state index contributed by atoms with van der Waals surface area (Å²) in [5.74, 6) is -0.679. The zero-order valence-electron chi connectivity index (χ0n) is 10.4. The van der Waals surface area contributed by atoms with Crippen LogP contribution in [0.1, 0.15) is 36.0 Å². The highest BCUT2D eigenvalue weighted by molar-refractivity contribution is 7.14. The van der Waals surface area contributed by atoms with Gasteiger partial charge in [0.25, 0.3) is 0 Å². The molecule has 3 nitrogen and oxygen atoms in total. The lowest BCUT2D eigenvalue weighted by atomic mass is 10.3. The van der Waals surface area contributed by atoms with Gasteiger partial charge in [-0.15, -0.1) is 22.7 Å². The topological polar surface area (TPSA) is 54.4 Å². The quantitative estimate of drug-likeness (QED) is 0.847. The van der Waals surface area contributed by atoms with Crippen LogP contribution in [-0.4, -0.2) is 16.9 Å². The summed E-state index contributed by atoms with van der Waals surface area (Å²) >= 11 is 2.84. The van der Waals surface area contributed by atoms with Gasteiger partial charge in [0, 0.05) is 9.75 Å². The summed E-state index contributed by atoms with van der Waals surface area (Å²) in [6.45, 7) is 5.47. The molecule has 5 heteroatoms. The van der Waals surface area contributed by atoms with Crippen LogP contribution in [0.5, 0.6) is 0 Å². The van der Waals surface area contributed by atoms with Crippen LogP contribution in [0, 0.1) is 13.8 Å². The third kappa shape index (κ3) is 4.43. The number of carboxylic acid groups (broad SMARTS) is 1. The van der Waals surface area contributed by atoms with Gasteiger partial charge in [0.05, 0.1) is 4.88 Å². The van der Waals surface area contributed by atoms with Gasteiger partial charge in [0.15, 0.2) is 5.78 Å². The fraction of sp³-hybridized carbons (Fsp3) is 0.231. The highest BCUT2D eigenvalue weighted by Crippen LogP contribution is 2.15. The van der Waals surface area contributed by atoms with Gasteiger partial charge in [0.2, 0.25) is 0 Å².